The van der Waals surface area contributed by atoms with E-state index in [1.807, 2.05) is 84.9 Å². The van der Waals surface area contributed by atoms with Crippen molar-refractivity contribution in [1.29, 1.82) is 0 Å². The highest BCUT2D eigenvalue weighted by Crippen LogP contribution is 2.36. The minimum atomic E-state index is -4.22. The minimum absolute atomic E-state index is 0.0223. The van der Waals surface area contributed by atoms with Crippen LogP contribution >= 0.6 is 11.8 Å². The van der Waals surface area contributed by atoms with E-state index in [0.29, 0.717) is 5.75 Å². The first kappa shape index (κ1) is 26.6. The number of amides is 1. The molecule has 0 spiro atoms. The highest BCUT2D eigenvalue weighted by molar-refractivity contribution is 7.98. The second kappa shape index (κ2) is 13.2. The van der Waals surface area contributed by atoms with Gasteiger partial charge in [-0.2, -0.15) is 8.42 Å². The van der Waals surface area contributed by atoms with Gasteiger partial charge in [0.1, 0.15) is 12.4 Å². The maximum absolute atomic E-state index is 12.7. The molecular formula is C26H29NO6S2. The van der Waals surface area contributed by atoms with Crippen LogP contribution in [-0.2, 0) is 27.2 Å². The minimum Gasteiger partial charge on any atom is -0.497 e. The van der Waals surface area contributed by atoms with Gasteiger partial charge in [0.2, 0.25) is 0 Å². The molecule has 186 valence electrons. The van der Waals surface area contributed by atoms with Gasteiger partial charge in [0.25, 0.3) is 10.1 Å². The number of hydrogen-bond acceptors (Lipinski definition) is 6. The molecule has 0 saturated carbocycles. The van der Waals surface area contributed by atoms with Crippen molar-refractivity contribution in [2.75, 3.05) is 12.9 Å². The highest BCUT2D eigenvalue weighted by Gasteiger charge is 2.27. The van der Waals surface area contributed by atoms with Crippen LogP contribution in [0.3, 0.4) is 0 Å². The molecule has 0 bridgehead atoms. The molecule has 9 heteroatoms. The molecule has 0 aliphatic heterocycles. The average molecular weight is 516 g/mol. The molecule has 3 aromatic rings. The van der Waals surface area contributed by atoms with Gasteiger partial charge in [0.15, 0.2) is 0 Å². The molecule has 7 nitrogen and oxygen atoms in total. The molecule has 0 aromatic heterocycles. The first-order chi connectivity index (χ1) is 16.8. The Morgan fingerprint density at radius 2 is 1.57 bits per heavy atom. The number of methoxy groups -OCH3 is 1. The normalized spacial score (nSPS) is 13.0. The lowest BCUT2D eigenvalue weighted by Gasteiger charge is -2.28. The lowest BCUT2D eigenvalue weighted by atomic mass is 10.0. The van der Waals surface area contributed by atoms with E-state index < -0.39 is 28.0 Å². The first-order valence-corrected chi connectivity index (χ1v) is 13.7. The van der Waals surface area contributed by atoms with Crippen molar-refractivity contribution in [3.8, 4) is 5.75 Å². The maximum Gasteiger partial charge on any atom is 0.407 e. The smallest absolute Gasteiger partial charge is 0.407 e. The molecular weight excluding hydrogens is 486 g/mol. The zero-order valence-electron chi connectivity index (χ0n) is 19.4. The van der Waals surface area contributed by atoms with Crippen LogP contribution in [0.1, 0.15) is 28.4 Å². The summed E-state index contributed by atoms with van der Waals surface area (Å²) in [6, 6.07) is 25.9. The molecule has 35 heavy (non-hydrogen) atoms. The third-order valence-electron chi connectivity index (χ3n) is 5.28. The van der Waals surface area contributed by atoms with Gasteiger partial charge >= 0.3 is 6.09 Å². The largest absolute Gasteiger partial charge is 0.497 e. The van der Waals surface area contributed by atoms with E-state index in [2.05, 4.69) is 5.32 Å². The van der Waals surface area contributed by atoms with Gasteiger partial charge in [-0.05, 0) is 35.2 Å². The van der Waals surface area contributed by atoms with Crippen LogP contribution in [0.4, 0.5) is 4.79 Å². The van der Waals surface area contributed by atoms with E-state index in [1.165, 1.54) is 0 Å². The number of carbonyl (C=O) groups excluding carboxylic acids is 1. The highest BCUT2D eigenvalue weighted by atomic mass is 32.2. The van der Waals surface area contributed by atoms with E-state index >= 15 is 0 Å². The molecule has 0 fully saturated rings. The summed E-state index contributed by atoms with van der Waals surface area (Å²) < 4.78 is 43.0. The Balaban J connectivity index is 1.77. The van der Waals surface area contributed by atoms with Gasteiger partial charge in [0, 0.05) is 11.8 Å². The van der Waals surface area contributed by atoms with Crippen LogP contribution in [0, 0.1) is 0 Å². The third-order valence-corrected chi connectivity index (χ3v) is 7.50. The van der Waals surface area contributed by atoms with Crippen LogP contribution in [0.5, 0.6) is 5.75 Å². The van der Waals surface area contributed by atoms with Gasteiger partial charge in [-0.1, -0.05) is 72.8 Å². The number of benzene rings is 3. The Morgan fingerprint density at radius 3 is 2.17 bits per heavy atom. The molecule has 0 heterocycles. The second-order valence-electron chi connectivity index (χ2n) is 7.88. The van der Waals surface area contributed by atoms with Crippen LogP contribution < -0.4 is 10.1 Å². The number of alkyl carbamates (subject to hydrolysis) is 1. The molecule has 0 aliphatic rings. The van der Waals surface area contributed by atoms with E-state index in [1.54, 1.807) is 18.9 Å². The number of hydrogen-bond donors (Lipinski definition) is 2. The summed E-state index contributed by atoms with van der Waals surface area (Å²) in [5.41, 5.74) is 2.82. The topological polar surface area (TPSA) is 102 Å². The first-order valence-electron chi connectivity index (χ1n) is 11.1. The second-order valence-corrected chi connectivity index (χ2v) is 10.6. The van der Waals surface area contributed by atoms with Crippen molar-refractivity contribution in [1.82, 2.24) is 5.32 Å². The standard InChI is InChI=1S/C26H29NO6S2/c1-32-23-14-12-21(13-15-23)19-34-25(22-10-6-3-7-11-22)24(16-17-35(29,30)31)27-26(28)33-18-20-8-4-2-5-9-20/h2-15,24-25H,16-19H2,1H3,(H,27,28)(H,29,30,31). The van der Waals surface area contributed by atoms with E-state index in [0.717, 1.165) is 22.4 Å². The van der Waals surface area contributed by atoms with Gasteiger partial charge in [-0.25, -0.2) is 4.79 Å². The van der Waals surface area contributed by atoms with E-state index in [-0.39, 0.29) is 18.3 Å². The van der Waals surface area contributed by atoms with E-state index in [9.17, 15) is 17.8 Å². The molecule has 2 atom stereocenters. The number of rotatable bonds is 12. The number of thioether (sulfide) groups is 1. The summed E-state index contributed by atoms with van der Waals surface area (Å²) in [5.74, 6) is 0.891. The molecule has 3 aromatic carbocycles. The molecule has 2 N–H and O–H groups in total. The molecule has 1 amide bonds. The van der Waals surface area contributed by atoms with Gasteiger partial charge in [0.05, 0.1) is 18.1 Å². The zero-order chi connectivity index (χ0) is 25.1. The summed E-state index contributed by atoms with van der Waals surface area (Å²) in [6.07, 6.45) is -0.630. The average Bonchev–Trinajstić information content (AvgIpc) is 2.87. The third kappa shape index (κ3) is 9.28. The Kier molecular flexibility index (Phi) is 10.0. The zero-order valence-corrected chi connectivity index (χ0v) is 21.0. The number of nitrogens with one attached hydrogen (secondary N) is 1. The fraction of sp³-hybridized carbons (Fsp3) is 0.269. The summed E-state index contributed by atoms with van der Waals surface area (Å²) in [6.45, 7) is 0.0900. The lowest BCUT2D eigenvalue weighted by Crippen LogP contribution is -2.40. The van der Waals surface area contributed by atoms with Gasteiger partial charge in [-0.15, -0.1) is 11.8 Å². The molecule has 0 radical (unpaired) electrons. The van der Waals surface area contributed by atoms with Crippen LogP contribution in [0.25, 0.3) is 0 Å². The monoisotopic (exact) mass is 515 g/mol. The van der Waals surface area contributed by atoms with Crippen LogP contribution in [-0.4, -0.2) is 38.0 Å². The Hall–Kier alpha value is -3.01. The molecule has 0 saturated heterocycles. The molecule has 0 aliphatic carbocycles. The molecule has 2 unspecified atom stereocenters. The fourth-order valence-electron chi connectivity index (χ4n) is 3.49. The van der Waals surface area contributed by atoms with Crippen LogP contribution in [0.15, 0.2) is 84.9 Å². The van der Waals surface area contributed by atoms with E-state index in [4.69, 9.17) is 9.47 Å². The Morgan fingerprint density at radius 1 is 0.943 bits per heavy atom. The van der Waals surface area contributed by atoms with Crippen molar-refractivity contribution < 1.29 is 27.2 Å². The molecule has 3 rings (SSSR count). The van der Waals surface area contributed by atoms with Crippen molar-refractivity contribution in [3.05, 3.63) is 102 Å². The summed E-state index contributed by atoms with van der Waals surface area (Å²) >= 11 is 1.57. The predicted octanol–water partition coefficient (Wildman–Crippen LogP) is 5.24. The van der Waals surface area contributed by atoms with Crippen molar-refractivity contribution in [3.63, 3.8) is 0 Å². The Labute approximate surface area is 210 Å². The fourth-order valence-corrected chi connectivity index (χ4v) is 5.39. The number of carbonyl (C=O) groups is 1. The summed E-state index contributed by atoms with van der Waals surface area (Å²) in [5, 5.41) is 2.55. The van der Waals surface area contributed by atoms with Crippen LogP contribution in [0.2, 0.25) is 0 Å². The van der Waals surface area contributed by atoms with Crippen molar-refractivity contribution in [2.45, 2.75) is 30.1 Å². The Bertz CT molecular complexity index is 1160. The van der Waals surface area contributed by atoms with Crippen molar-refractivity contribution in [2.24, 2.45) is 0 Å². The quantitative estimate of drug-likeness (QED) is 0.318. The van der Waals surface area contributed by atoms with Crippen molar-refractivity contribution >= 4 is 28.0 Å². The van der Waals surface area contributed by atoms with Gasteiger partial charge < -0.3 is 14.8 Å². The number of ether oxygens (including phenoxy) is 2. The SMILES string of the molecule is COc1ccc(CSC(c2ccccc2)C(CCS(=O)(=O)O)NC(=O)OCc2ccccc2)cc1. The lowest BCUT2D eigenvalue weighted by molar-refractivity contribution is 0.135. The summed E-state index contributed by atoms with van der Waals surface area (Å²) in [7, 11) is -2.61. The maximum atomic E-state index is 12.7. The van der Waals surface area contributed by atoms with Gasteiger partial charge in [-0.3, -0.25) is 4.55 Å². The predicted molar refractivity (Wildman–Crippen MR) is 138 cm³/mol. The summed E-state index contributed by atoms with van der Waals surface area (Å²) in [4.78, 5) is 12.7.